The largest absolute Gasteiger partial charge is 0.368 e. The fraction of sp³-hybridized carbons (Fsp3) is 0.375. The number of aromatic nitrogens is 2. The fourth-order valence-corrected chi connectivity index (χ4v) is 2.72. The first kappa shape index (κ1) is 14.7. The molecule has 1 aliphatic carbocycles. The van der Waals surface area contributed by atoms with E-state index in [4.69, 9.17) is 11.5 Å². The van der Waals surface area contributed by atoms with Crippen molar-refractivity contribution in [1.29, 1.82) is 0 Å². The minimum absolute atomic E-state index is 0.235. The highest BCUT2D eigenvalue weighted by atomic mass is 19.1. The van der Waals surface area contributed by atoms with Crippen molar-refractivity contribution in [3.05, 3.63) is 47.4 Å². The number of benzene rings is 1. The van der Waals surface area contributed by atoms with Gasteiger partial charge in [-0.05, 0) is 30.5 Å². The minimum atomic E-state index is -0.235. The van der Waals surface area contributed by atoms with Gasteiger partial charge in [-0.2, -0.15) is 4.98 Å². The number of nitrogens with two attached hydrogens (primary N) is 2. The molecule has 0 saturated heterocycles. The van der Waals surface area contributed by atoms with E-state index >= 15 is 0 Å². The molecule has 0 unspecified atom stereocenters. The zero-order valence-electron chi connectivity index (χ0n) is 12.5. The van der Waals surface area contributed by atoms with Gasteiger partial charge >= 0.3 is 0 Å². The maximum atomic E-state index is 13.0. The third kappa shape index (κ3) is 3.17. The minimum Gasteiger partial charge on any atom is -0.368 e. The highest BCUT2D eigenvalue weighted by molar-refractivity contribution is 5.44. The summed E-state index contributed by atoms with van der Waals surface area (Å²) in [6.45, 7) is 0.625. The number of nitrogens with zero attached hydrogens (tertiary/aromatic N) is 3. The lowest BCUT2D eigenvalue weighted by Gasteiger charge is -2.32. The molecule has 0 bridgehead atoms. The van der Waals surface area contributed by atoms with Gasteiger partial charge in [-0.25, -0.2) is 9.37 Å². The van der Waals surface area contributed by atoms with Crippen LogP contribution >= 0.6 is 0 Å². The number of hydrogen-bond acceptors (Lipinski definition) is 5. The second kappa shape index (κ2) is 5.88. The second-order valence-corrected chi connectivity index (χ2v) is 5.92. The van der Waals surface area contributed by atoms with E-state index in [1.54, 1.807) is 12.1 Å². The van der Waals surface area contributed by atoms with Gasteiger partial charge in [-0.3, -0.25) is 0 Å². The molecule has 6 heteroatoms. The normalized spacial score (nSPS) is 20.5. The first-order valence-corrected chi connectivity index (χ1v) is 7.37. The molecule has 1 aromatic carbocycles. The third-order valence-corrected chi connectivity index (χ3v) is 4.07. The average Bonchev–Trinajstić information content (AvgIpc) is 2.45. The lowest BCUT2D eigenvalue weighted by atomic mass is 9.78. The van der Waals surface area contributed by atoms with E-state index in [1.165, 1.54) is 12.1 Å². The van der Waals surface area contributed by atoms with Gasteiger partial charge in [0.05, 0.1) is 5.69 Å². The average molecular weight is 301 g/mol. The van der Waals surface area contributed by atoms with Crippen molar-refractivity contribution >= 4 is 11.8 Å². The molecule has 22 heavy (non-hydrogen) atoms. The Kier molecular flexibility index (Phi) is 3.94. The molecule has 5 nitrogen and oxygen atoms in total. The van der Waals surface area contributed by atoms with Gasteiger partial charge in [0.2, 0.25) is 5.95 Å². The van der Waals surface area contributed by atoms with E-state index in [-0.39, 0.29) is 17.8 Å². The summed E-state index contributed by atoms with van der Waals surface area (Å²) in [6.07, 6.45) is 1.88. The van der Waals surface area contributed by atoms with Crippen molar-refractivity contribution < 1.29 is 4.39 Å². The molecule has 0 aliphatic heterocycles. The molecular weight excluding hydrogens is 281 g/mol. The van der Waals surface area contributed by atoms with E-state index in [2.05, 4.69) is 9.97 Å². The summed E-state index contributed by atoms with van der Waals surface area (Å²) in [5.41, 5.74) is 13.6. The van der Waals surface area contributed by atoms with Gasteiger partial charge in [0, 0.05) is 31.6 Å². The van der Waals surface area contributed by atoms with E-state index < -0.39 is 0 Å². The van der Waals surface area contributed by atoms with Crippen molar-refractivity contribution in [2.24, 2.45) is 5.73 Å². The molecule has 1 aromatic heterocycles. The van der Waals surface area contributed by atoms with E-state index in [1.807, 2.05) is 18.0 Å². The lowest BCUT2D eigenvalue weighted by Crippen LogP contribution is -2.35. The molecule has 0 spiro atoms. The smallest absolute Gasteiger partial charge is 0.222 e. The number of nitrogen functional groups attached to an aromatic ring is 1. The molecule has 1 fully saturated rings. The van der Waals surface area contributed by atoms with Gasteiger partial charge < -0.3 is 16.4 Å². The second-order valence-electron chi connectivity index (χ2n) is 5.92. The summed E-state index contributed by atoms with van der Waals surface area (Å²) in [5, 5.41) is 0. The standard InChI is InChI=1S/C16H20FN5/c1-22(9-10-2-4-12(17)5-3-10)15-8-14(20-16(19)21-15)11-6-13(18)7-11/h2-5,8,11,13H,6-7,9,18H2,1H3,(H2,19,20,21). The summed E-state index contributed by atoms with van der Waals surface area (Å²) < 4.78 is 13.0. The SMILES string of the molecule is CN(Cc1ccc(F)cc1)c1cc(C2CC(N)C2)nc(N)n1. The Morgan fingerprint density at radius 1 is 1.23 bits per heavy atom. The topological polar surface area (TPSA) is 81.1 Å². The molecule has 1 aliphatic rings. The van der Waals surface area contributed by atoms with Crippen LogP contribution in [-0.2, 0) is 6.54 Å². The molecule has 0 amide bonds. The maximum absolute atomic E-state index is 13.0. The molecule has 0 atom stereocenters. The number of hydrogen-bond donors (Lipinski definition) is 2. The summed E-state index contributed by atoms with van der Waals surface area (Å²) in [5.74, 6) is 1.19. The van der Waals surface area contributed by atoms with Crippen LogP contribution in [0.2, 0.25) is 0 Å². The molecule has 1 saturated carbocycles. The van der Waals surface area contributed by atoms with Gasteiger partial charge in [-0.1, -0.05) is 12.1 Å². The Balaban J connectivity index is 1.76. The zero-order valence-corrected chi connectivity index (χ0v) is 12.5. The molecule has 1 heterocycles. The Bertz CT molecular complexity index is 652. The third-order valence-electron chi connectivity index (χ3n) is 4.07. The van der Waals surface area contributed by atoms with Gasteiger partial charge in [0.1, 0.15) is 11.6 Å². The molecule has 0 radical (unpaired) electrons. The van der Waals surface area contributed by atoms with Crippen LogP contribution in [-0.4, -0.2) is 23.1 Å². The van der Waals surface area contributed by atoms with Crippen molar-refractivity contribution in [3.8, 4) is 0 Å². The summed E-state index contributed by atoms with van der Waals surface area (Å²) in [4.78, 5) is 10.6. The van der Waals surface area contributed by atoms with Crippen LogP contribution in [0.25, 0.3) is 0 Å². The van der Waals surface area contributed by atoms with Crippen LogP contribution in [0.15, 0.2) is 30.3 Å². The molecular formula is C16H20FN5. The van der Waals surface area contributed by atoms with Crippen molar-refractivity contribution in [3.63, 3.8) is 0 Å². The van der Waals surface area contributed by atoms with Gasteiger partial charge in [-0.15, -0.1) is 0 Å². The van der Waals surface area contributed by atoms with Crippen LogP contribution < -0.4 is 16.4 Å². The van der Waals surface area contributed by atoms with Crippen LogP contribution in [0, 0.1) is 5.82 Å². The molecule has 4 N–H and O–H groups in total. The van der Waals surface area contributed by atoms with Gasteiger partial charge in [0.15, 0.2) is 0 Å². The van der Waals surface area contributed by atoms with Crippen molar-refractivity contribution in [2.45, 2.75) is 31.3 Å². The Hall–Kier alpha value is -2.21. The van der Waals surface area contributed by atoms with Crippen LogP contribution in [0.4, 0.5) is 16.2 Å². The Morgan fingerprint density at radius 2 is 1.91 bits per heavy atom. The first-order valence-electron chi connectivity index (χ1n) is 7.37. The van der Waals surface area contributed by atoms with E-state index in [9.17, 15) is 4.39 Å². The number of halogens is 1. The highest BCUT2D eigenvalue weighted by Crippen LogP contribution is 2.35. The van der Waals surface area contributed by atoms with Crippen molar-refractivity contribution in [1.82, 2.24) is 9.97 Å². The highest BCUT2D eigenvalue weighted by Gasteiger charge is 2.29. The van der Waals surface area contributed by atoms with Crippen LogP contribution in [0.5, 0.6) is 0 Å². The summed E-state index contributed by atoms with van der Waals surface area (Å²) in [7, 11) is 1.93. The predicted octanol–water partition coefficient (Wildman–Crippen LogP) is 2.04. The van der Waals surface area contributed by atoms with Gasteiger partial charge in [0.25, 0.3) is 0 Å². The van der Waals surface area contributed by atoms with Crippen LogP contribution in [0.1, 0.15) is 30.0 Å². The first-order chi connectivity index (χ1) is 10.5. The monoisotopic (exact) mass is 301 g/mol. The van der Waals surface area contributed by atoms with Crippen molar-refractivity contribution in [2.75, 3.05) is 17.7 Å². The summed E-state index contributed by atoms with van der Waals surface area (Å²) in [6, 6.07) is 8.68. The molecule has 116 valence electrons. The van der Waals surface area contributed by atoms with E-state index in [0.29, 0.717) is 12.5 Å². The summed E-state index contributed by atoms with van der Waals surface area (Å²) >= 11 is 0. The zero-order chi connectivity index (χ0) is 15.7. The fourth-order valence-electron chi connectivity index (χ4n) is 2.72. The Labute approximate surface area is 129 Å². The number of anilines is 2. The molecule has 2 aromatic rings. The maximum Gasteiger partial charge on any atom is 0.222 e. The molecule has 3 rings (SSSR count). The Morgan fingerprint density at radius 3 is 2.55 bits per heavy atom. The number of rotatable bonds is 4. The lowest BCUT2D eigenvalue weighted by molar-refractivity contribution is 0.345. The van der Waals surface area contributed by atoms with E-state index in [0.717, 1.165) is 29.9 Å². The predicted molar refractivity (Wildman–Crippen MR) is 84.9 cm³/mol. The quantitative estimate of drug-likeness (QED) is 0.903. The van der Waals surface area contributed by atoms with Crippen LogP contribution in [0.3, 0.4) is 0 Å².